The second-order valence-electron chi connectivity index (χ2n) is 4.59. The molecule has 1 aromatic heterocycles. The van der Waals surface area contributed by atoms with Crippen molar-refractivity contribution in [2.75, 3.05) is 5.32 Å². The Morgan fingerprint density at radius 1 is 1.33 bits per heavy atom. The molecule has 106 valence electrons. The number of aryl methyl sites for hydroxylation is 2. The first-order valence-electron chi connectivity index (χ1n) is 6.24. The van der Waals surface area contributed by atoms with Crippen molar-refractivity contribution in [2.45, 2.75) is 13.8 Å². The Kier molecular flexibility index (Phi) is 4.94. The van der Waals surface area contributed by atoms with Crippen LogP contribution in [0.15, 0.2) is 39.7 Å². The molecule has 0 spiro atoms. The van der Waals surface area contributed by atoms with Crippen molar-refractivity contribution in [2.24, 2.45) is 0 Å². The molecule has 0 saturated heterocycles. The van der Waals surface area contributed by atoms with Crippen LogP contribution < -0.4 is 5.32 Å². The molecule has 1 amide bonds. The van der Waals surface area contributed by atoms with Crippen LogP contribution in [0.5, 0.6) is 0 Å². The van der Waals surface area contributed by atoms with E-state index in [9.17, 15) is 4.79 Å². The zero-order valence-electron chi connectivity index (χ0n) is 11.6. The normalized spacial score (nSPS) is 11.0. The molecular formula is C16H13BrN2OS. The van der Waals surface area contributed by atoms with Gasteiger partial charge in [-0.15, -0.1) is 11.3 Å². The number of hydrogen-bond donors (Lipinski definition) is 1. The van der Waals surface area contributed by atoms with Crippen molar-refractivity contribution in [1.29, 1.82) is 5.26 Å². The standard InChI is InChI=1S/C16H13BrN2OS/c1-10-3-4-14(5-11(10)2)19-16(20)12(8-18)6-15-7-13(17)9-21-15/h3-7,9H,1-2H3,(H,19,20)/b12-6+. The first-order valence-corrected chi connectivity index (χ1v) is 7.91. The van der Waals surface area contributed by atoms with E-state index in [0.717, 1.165) is 20.5 Å². The monoisotopic (exact) mass is 360 g/mol. The van der Waals surface area contributed by atoms with Crippen molar-refractivity contribution in [3.8, 4) is 6.07 Å². The van der Waals surface area contributed by atoms with E-state index in [4.69, 9.17) is 5.26 Å². The smallest absolute Gasteiger partial charge is 0.266 e. The summed E-state index contributed by atoms with van der Waals surface area (Å²) in [6, 6.07) is 9.48. The number of halogens is 1. The van der Waals surface area contributed by atoms with Crippen LogP contribution in [0.1, 0.15) is 16.0 Å². The molecule has 1 N–H and O–H groups in total. The van der Waals surface area contributed by atoms with Crippen molar-refractivity contribution in [3.63, 3.8) is 0 Å². The van der Waals surface area contributed by atoms with Crippen molar-refractivity contribution < 1.29 is 4.79 Å². The highest BCUT2D eigenvalue weighted by atomic mass is 79.9. The molecule has 0 aliphatic rings. The molecule has 0 saturated carbocycles. The van der Waals surface area contributed by atoms with E-state index in [0.29, 0.717) is 5.69 Å². The summed E-state index contributed by atoms with van der Waals surface area (Å²) in [5, 5.41) is 13.8. The summed E-state index contributed by atoms with van der Waals surface area (Å²) >= 11 is 4.81. The maximum atomic E-state index is 12.1. The molecule has 2 aromatic rings. The summed E-state index contributed by atoms with van der Waals surface area (Å²) in [6.45, 7) is 3.99. The van der Waals surface area contributed by atoms with Crippen LogP contribution in [0.2, 0.25) is 0 Å². The summed E-state index contributed by atoms with van der Waals surface area (Å²) in [6.07, 6.45) is 1.59. The van der Waals surface area contributed by atoms with Crippen LogP contribution in [0.25, 0.3) is 6.08 Å². The molecule has 5 heteroatoms. The predicted molar refractivity (Wildman–Crippen MR) is 90.2 cm³/mol. The first kappa shape index (κ1) is 15.5. The molecule has 1 heterocycles. The molecule has 1 aromatic carbocycles. The van der Waals surface area contributed by atoms with E-state index in [1.807, 2.05) is 49.6 Å². The van der Waals surface area contributed by atoms with Crippen molar-refractivity contribution in [1.82, 2.24) is 0 Å². The van der Waals surface area contributed by atoms with Gasteiger partial charge < -0.3 is 5.32 Å². The molecule has 3 nitrogen and oxygen atoms in total. The molecule has 0 unspecified atom stereocenters. The zero-order chi connectivity index (χ0) is 15.4. The highest BCUT2D eigenvalue weighted by Gasteiger charge is 2.10. The summed E-state index contributed by atoms with van der Waals surface area (Å²) in [4.78, 5) is 13.0. The van der Waals surface area contributed by atoms with Gasteiger partial charge in [0.2, 0.25) is 0 Å². The van der Waals surface area contributed by atoms with Crippen LogP contribution in [-0.4, -0.2) is 5.91 Å². The Balaban J connectivity index is 2.19. The van der Waals surface area contributed by atoms with Crippen molar-refractivity contribution >= 4 is 44.9 Å². The number of rotatable bonds is 3. The fourth-order valence-corrected chi connectivity index (χ4v) is 3.09. The van der Waals surface area contributed by atoms with Gasteiger partial charge in [-0.25, -0.2) is 0 Å². The predicted octanol–water partition coefficient (Wildman–Crippen LogP) is 4.67. The minimum Gasteiger partial charge on any atom is -0.321 e. The van der Waals surface area contributed by atoms with Gasteiger partial charge in [0.15, 0.2) is 0 Å². The van der Waals surface area contributed by atoms with E-state index >= 15 is 0 Å². The number of amides is 1. The maximum Gasteiger partial charge on any atom is 0.266 e. The first-order chi connectivity index (χ1) is 9.99. The van der Waals surface area contributed by atoms with E-state index in [1.54, 1.807) is 6.08 Å². The lowest BCUT2D eigenvalue weighted by atomic mass is 10.1. The van der Waals surface area contributed by atoms with Gasteiger partial charge in [0.05, 0.1) is 0 Å². The second kappa shape index (κ2) is 6.70. The molecule has 0 radical (unpaired) electrons. The number of carbonyl (C=O) groups is 1. The SMILES string of the molecule is Cc1ccc(NC(=O)/C(C#N)=C/c2cc(Br)cs2)cc1C. The lowest BCUT2D eigenvalue weighted by Gasteiger charge is -2.06. The molecule has 0 bridgehead atoms. The van der Waals surface area contributed by atoms with E-state index in [2.05, 4.69) is 21.2 Å². The molecule has 0 aliphatic heterocycles. The highest BCUT2D eigenvalue weighted by molar-refractivity contribution is 9.10. The number of benzene rings is 1. The maximum absolute atomic E-state index is 12.1. The second-order valence-corrected chi connectivity index (χ2v) is 6.45. The third-order valence-corrected chi connectivity index (χ3v) is 4.64. The van der Waals surface area contributed by atoms with Gasteiger partial charge in [-0.05, 0) is 65.2 Å². The van der Waals surface area contributed by atoms with Crippen LogP contribution in [0.4, 0.5) is 5.69 Å². The zero-order valence-corrected chi connectivity index (χ0v) is 14.0. The van der Waals surface area contributed by atoms with Gasteiger partial charge in [0, 0.05) is 20.4 Å². The highest BCUT2D eigenvalue weighted by Crippen LogP contribution is 2.22. The number of nitrogens with one attached hydrogen (secondary N) is 1. The van der Waals surface area contributed by atoms with Crippen LogP contribution in [-0.2, 0) is 4.79 Å². The number of nitrogens with zero attached hydrogens (tertiary/aromatic N) is 1. The summed E-state index contributed by atoms with van der Waals surface area (Å²) in [5.41, 5.74) is 3.03. The minimum atomic E-state index is -0.398. The van der Waals surface area contributed by atoms with Gasteiger partial charge in [0.25, 0.3) is 5.91 Å². The number of carbonyl (C=O) groups excluding carboxylic acids is 1. The van der Waals surface area contributed by atoms with E-state index < -0.39 is 5.91 Å². The fourth-order valence-electron chi connectivity index (χ4n) is 1.71. The Bertz CT molecular complexity index is 756. The quantitative estimate of drug-likeness (QED) is 0.638. The largest absolute Gasteiger partial charge is 0.321 e. The number of hydrogen-bond acceptors (Lipinski definition) is 3. The van der Waals surface area contributed by atoms with Crippen LogP contribution in [0, 0.1) is 25.2 Å². The third kappa shape index (κ3) is 4.03. The molecule has 0 fully saturated rings. The number of nitriles is 1. The van der Waals surface area contributed by atoms with E-state index in [1.165, 1.54) is 11.3 Å². The third-order valence-electron chi connectivity index (χ3n) is 3.00. The Hall–Kier alpha value is -1.90. The van der Waals surface area contributed by atoms with Gasteiger partial charge in [0.1, 0.15) is 11.6 Å². The van der Waals surface area contributed by atoms with Gasteiger partial charge in [-0.1, -0.05) is 6.07 Å². The average Bonchev–Trinajstić information content (AvgIpc) is 2.85. The Morgan fingerprint density at radius 3 is 2.67 bits per heavy atom. The Labute approximate surface area is 136 Å². The fraction of sp³-hybridized carbons (Fsp3) is 0.125. The van der Waals surface area contributed by atoms with E-state index in [-0.39, 0.29) is 5.57 Å². The van der Waals surface area contributed by atoms with Crippen LogP contribution in [0.3, 0.4) is 0 Å². The minimum absolute atomic E-state index is 0.0857. The van der Waals surface area contributed by atoms with Crippen molar-refractivity contribution in [3.05, 3.63) is 55.7 Å². The molecule has 21 heavy (non-hydrogen) atoms. The summed E-state index contributed by atoms with van der Waals surface area (Å²) in [5.74, 6) is -0.398. The van der Waals surface area contributed by atoms with Gasteiger partial charge >= 0.3 is 0 Å². The van der Waals surface area contributed by atoms with Crippen LogP contribution >= 0.6 is 27.3 Å². The number of anilines is 1. The summed E-state index contributed by atoms with van der Waals surface area (Å²) < 4.78 is 0.936. The molecule has 0 atom stereocenters. The number of thiophene rings is 1. The van der Waals surface area contributed by atoms with Gasteiger partial charge in [-0.2, -0.15) is 5.26 Å². The summed E-state index contributed by atoms with van der Waals surface area (Å²) in [7, 11) is 0. The molecule has 2 rings (SSSR count). The molecular weight excluding hydrogens is 348 g/mol. The lowest BCUT2D eigenvalue weighted by Crippen LogP contribution is -2.13. The Morgan fingerprint density at radius 2 is 2.10 bits per heavy atom. The van der Waals surface area contributed by atoms with Gasteiger partial charge in [-0.3, -0.25) is 4.79 Å². The molecule has 0 aliphatic carbocycles. The lowest BCUT2D eigenvalue weighted by molar-refractivity contribution is -0.112. The topological polar surface area (TPSA) is 52.9 Å². The average molecular weight is 361 g/mol.